The normalized spacial score (nSPS) is 12.4. The van der Waals surface area contributed by atoms with Crippen molar-refractivity contribution in [2.24, 2.45) is 0 Å². The van der Waals surface area contributed by atoms with Gasteiger partial charge >= 0.3 is 5.97 Å². The first-order valence-electron chi connectivity index (χ1n) is 9.17. The molecule has 3 aromatic rings. The Morgan fingerprint density at radius 3 is 2.59 bits per heavy atom. The van der Waals surface area contributed by atoms with Gasteiger partial charge in [0.2, 0.25) is 0 Å². The van der Waals surface area contributed by atoms with Crippen LogP contribution >= 0.6 is 0 Å². The van der Waals surface area contributed by atoms with Gasteiger partial charge in [0.15, 0.2) is 0 Å². The number of ether oxygens (including phenoxy) is 2. The third-order valence-electron chi connectivity index (χ3n) is 4.43. The monoisotopic (exact) mass is 368 g/mol. The van der Waals surface area contributed by atoms with Crippen molar-refractivity contribution in [2.75, 3.05) is 19.8 Å². The number of carboxylic acid groups (broad SMARTS) is 1. The summed E-state index contributed by atoms with van der Waals surface area (Å²) in [7, 11) is 0. The Hall–Kier alpha value is -2.63. The maximum Gasteiger partial charge on any atom is 0.335 e. The molecular weight excluding hydrogens is 344 g/mol. The zero-order valence-electron chi connectivity index (χ0n) is 15.4. The van der Waals surface area contributed by atoms with Crippen LogP contribution in [0.4, 0.5) is 0 Å². The highest BCUT2D eigenvalue weighted by atomic mass is 16.5. The van der Waals surface area contributed by atoms with E-state index in [1.54, 1.807) is 18.2 Å². The van der Waals surface area contributed by atoms with Crippen LogP contribution in [0.25, 0.3) is 21.5 Å². The minimum atomic E-state index is -0.986. The molecule has 5 nitrogen and oxygen atoms in total. The summed E-state index contributed by atoms with van der Waals surface area (Å²) in [6, 6.07) is 14.8. The van der Waals surface area contributed by atoms with E-state index in [2.05, 4.69) is 6.92 Å². The molecule has 0 heterocycles. The number of carboxylic acids is 1. The molecule has 0 amide bonds. The van der Waals surface area contributed by atoms with Gasteiger partial charge in [-0.1, -0.05) is 43.7 Å². The fourth-order valence-electron chi connectivity index (χ4n) is 3.00. The Kier molecular flexibility index (Phi) is 6.27. The number of fused-ring (bicyclic) bond motifs is 2. The van der Waals surface area contributed by atoms with Gasteiger partial charge in [0.05, 0.1) is 12.2 Å². The molecule has 0 bridgehead atoms. The van der Waals surface area contributed by atoms with Gasteiger partial charge < -0.3 is 19.7 Å². The summed E-state index contributed by atoms with van der Waals surface area (Å²) in [4.78, 5) is 11.4. The number of carbonyl (C=O) groups is 1. The van der Waals surface area contributed by atoms with Crippen molar-refractivity contribution >= 4 is 27.5 Å². The van der Waals surface area contributed by atoms with Gasteiger partial charge in [-0.3, -0.25) is 0 Å². The molecule has 0 aliphatic rings. The lowest BCUT2D eigenvalue weighted by molar-refractivity contribution is 0.0119. The second kappa shape index (κ2) is 8.84. The summed E-state index contributed by atoms with van der Waals surface area (Å²) in [5, 5.41) is 22.9. The number of unbranched alkanes of at least 4 members (excludes halogenated alkanes) is 1. The van der Waals surface area contributed by atoms with E-state index >= 15 is 0 Å². The average Bonchev–Trinajstić information content (AvgIpc) is 2.68. The maximum atomic E-state index is 11.4. The lowest BCUT2D eigenvalue weighted by Crippen LogP contribution is -2.23. The number of hydrogen-bond acceptors (Lipinski definition) is 4. The zero-order chi connectivity index (χ0) is 19.2. The van der Waals surface area contributed by atoms with Crippen molar-refractivity contribution in [3.63, 3.8) is 0 Å². The number of aliphatic hydroxyl groups is 1. The van der Waals surface area contributed by atoms with E-state index in [-0.39, 0.29) is 18.8 Å². The van der Waals surface area contributed by atoms with Crippen molar-refractivity contribution in [2.45, 2.75) is 25.9 Å². The van der Waals surface area contributed by atoms with E-state index < -0.39 is 12.1 Å². The van der Waals surface area contributed by atoms with Crippen molar-refractivity contribution < 1.29 is 24.5 Å². The largest absolute Gasteiger partial charge is 0.489 e. The number of rotatable bonds is 9. The SMILES string of the molecule is CCCCOCC(O)COc1c2ccccc2cc2ccc(C(=O)O)cc12. The number of aliphatic hydroxyl groups excluding tert-OH is 1. The number of hydrogen-bond donors (Lipinski definition) is 2. The Balaban J connectivity index is 1.90. The average molecular weight is 368 g/mol. The maximum absolute atomic E-state index is 11.4. The van der Waals surface area contributed by atoms with Crippen molar-refractivity contribution in [1.82, 2.24) is 0 Å². The van der Waals surface area contributed by atoms with Crippen molar-refractivity contribution in [3.05, 3.63) is 54.1 Å². The van der Waals surface area contributed by atoms with Crippen LogP contribution in [-0.4, -0.2) is 42.1 Å². The molecule has 142 valence electrons. The van der Waals surface area contributed by atoms with Crippen molar-refractivity contribution in [3.8, 4) is 5.75 Å². The molecule has 0 radical (unpaired) electrons. The molecule has 1 atom stereocenters. The van der Waals surface area contributed by atoms with E-state index in [1.165, 1.54) is 0 Å². The van der Waals surface area contributed by atoms with E-state index in [4.69, 9.17) is 9.47 Å². The predicted molar refractivity (Wildman–Crippen MR) is 106 cm³/mol. The molecule has 0 fully saturated rings. The van der Waals surface area contributed by atoms with Gasteiger partial charge in [-0.05, 0) is 35.4 Å². The highest BCUT2D eigenvalue weighted by Gasteiger charge is 2.14. The summed E-state index contributed by atoms with van der Waals surface area (Å²) < 4.78 is 11.4. The van der Waals surface area contributed by atoms with Gasteiger partial charge in [0.1, 0.15) is 18.5 Å². The molecule has 0 aliphatic carbocycles. The van der Waals surface area contributed by atoms with Crippen LogP contribution in [0.5, 0.6) is 5.75 Å². The highest BCUT2D eigenvalue weighted by molar-refractivity contribution is 6.07. The van der Waals surface area contributed by atoms with E-state index in [9.17, 15) is 15.0 Å². The molecule has 2 N–H and O–H groups in total. The third-order valence-corrected chi connectivity index (χ3v) is 4.43. The lowest BCUT2D eigenvalue weighted by Gasteiger charge is -2.16. The quantitative estimate of drug-likeness (QED) is 0.436. The molecule has 0 aliphatic heterocycles. The minimum absolute atomic E-state index is 0.0759. The summed E-state index contributed by atoms with van der Waals surface area (Å²) in [5.41, 5.74) is 0.200. The second-order valence-corrected chi connectivity index (χ2v) is 6.56. The minimum Gasteiger partial charge on any atom is -0.489 e. The zero-order valence-corrected chi connectivity index (χ0v) is 15.4. The van der Waals surface area contributed by atoms with Gasteiger partial charge in [-0.2, -0.15) is 0 Å². The summed E-state index contributed by atoms with van der Waals surface area (Å²) in [6.07, 6.45) is 1.25. The second-order valence-electron chi connectivity index (χ2n) is 6.56. The third kappa shape index (κ3) is 4.56. The summed E-state index contributed by atoms with van der Waals surface area (Å²) in [6.45, 7) is 2.99. The van der Waals surface area contributed by atoms with Crippen LogP contribution < -0.4 is 4.74 Å². The van der Waals surface area contributed by atoms with E-state index in [0.717, 1.165) is 29.0 Å². The molecule has 0 saturated carbocycles. The molecule has 3 rings (SSSR count). The first kappa shape index (κ1) is 19.1. The van der Waals surface area contributed by atoms with Crippen molar-refractivity contribution in [1.29, 1.82) is 0 Å². The van der Waals surface area contributed by atoms with Crippen LogP contribution in [0, 0.1) is 0 Å². The molecule has 3 aromatic carbocycles. The number of aromatic carboxylic acids is 1. The number of benzene rings is 3. The fraction of sp³-hybridized carbons (Fsp3) is 0.318. The van der Waals surface area contributed by atoms with Crippen LogP contribution in [0.15, 0.2) is 48.5 Å². The van der Waals surface area contributed by atoms with Crippen LogP contribution in [0.2, 0.25) is 0 Å². The smallest absolute Gasteiger partial charge is 0.335 e. The Morgan fingerprint density at radius 2 is 1.81 bits per heavy atom. The molecule has 1 unspecified atom stereocenters. The first-order chi connectivity index (χ1) is 13.1. The molecule has 0 saturated heterocycles. The molecular formula is C22H24O5. The standard InChI is InChI=1S/C22H24O5/c1-2-3-10-26-13-18(23)14-27-21-19-7-5-4-6-15(19)11-16-8-9-17(22(24)25)12-20(16)21/h4-9,11-12,18,23H,2-3,10,13-14H2,1H3,(H,24,25). The summed E-state index contributed by atoms with van der Waals surface area (Å²) in [5.74, 6) is -0.404. The van der Waals surface area contributed by atoms with Crippen LogP contribution in [0.1, 0.15) is 30.1 Å². The van der Waals surface area contributed by atoms with Gasteiger partial charge in [-0.15, -0.1) is 0 Å². The summed E-state index contributed by atoms with van der Waals surface area (Å²) >= 11 is 0. The highest BCUT2D eigenvalue weighted by Crippen LogP contribution is 2.35. The van der Waals surface area contributed by atoms with Gasteiger partial charge in [-0.25, -0.2) is 4.79 Å². The van der Waals surface area contributed by atoms with Crippen LogP contribution in [0.3, 0.4) is 0 Å². The first-order valence-corrected chi connectivity index (χ1v) is 9.17. The van der Waals surface area contributed by atoms with Gasteiger partial charge in [0, 0.05) is 17.4 Å². The van der Waals surface area contributed by atoms with Crippen LogP contribution in [-0.2, 0) is 4.74 Å². The van der Waals surface area contributed by atoms with E-state index in [0.29, 0.717) is 17.7 Å². The predicted octanol–water partition coefficient (Wildman–Crippen LogP) is 4.25. The lowest BCUT2D eigenvalue weighted by atomic mass is 10.00. The van der Waals surface area contributed by atoms with E-state index in [1.807, 2.05) is 30.3 Å². The Morgan fingerprint density at radius 1 is 1.04 bits per heavy atom. The molecule has 0 spiro atoms. The Bertz CT molecular complexity index is 935. The molecule has 5 heteroatoms. The fourth-order valence-corrected chi connectivity index (χ4v) is 3.00. The topological polar surface area (TPSA) is 76.0 Å². The molecule has 0 aromatic heterocycles. The molecule has 27 heavy (non-hydrogen) atoms. The Labute approximate surface area is 158 Å². The van der Waals surface area contributed by atoms with Gasteiger partial charge in [0.25, 0.3) is 0 Å².